The third-order valence-electron chi connectivity index (χ3n) is 7.32. The average molecular weight is 480 g/mol. The maximum Gasteiger partial charge on any atom is 0.288 e. The highest BCUT2D eigenvalue weighted by Crippen LogP contribution is 2.33. The van der Waals surface area contributed by atoms with Crippen LogP contribution in [0.2, 0.25) is 0 Å². The predicted molar refractivity (Wildman–Crippen MR) is 143 cm³/mol. The Hall–Kier alpha value is -3.77. The highest BCUT2D eigenvalue weighted by atomic mass is 16.1. The second-order valence-electron chi connectivity index (χ2n) is 10.2. The van der Waals surface area contributed by atoms with E-state index in [2.05, 4.69) is 89.5 Å². The molecule has 1 fully saturated rings. The quantitative estimate of drug-likeness (QED) is 0.392. The van der Waals surface area contributed by atoms with Crippen LogP contribution in [0.3, 0.4) is 0 Å². The number of hydrogen-bond acceptors (Lipinski definition) is 4. The number of rotatable bonds is 7. The van der Waals surface area contributed by atoms with E-state index < -0.39 is 5.91 Å². The van der Waals surface area contributed by atoms with E-state index in [-0.39, 0.29) is 11.2 Å². The normalized spacial score (nSPS) is 14.3. The minimum absolute atomic E-state index is 0.0261. The number of nitrogens with zero attached hydrogens (tertiary/aromatic N) is 4. The molecular formula is C30H33N5O. The molecule has 0 aliphatic carbocycles. The number of benzene rings is 3. The molecule has 1 amide bonds. The van der Waals surface area contributed by atoms with Gasteiger partial charge in [0.25, 0.3) is 5.91 Å². The van der Waals surface area contributed by atoms with Crippen LogP contribution in [0.25, 0.3) is 16.8 Å². The minimum Gasteiger partial charge on any atom is -0.363 e. The van der Waals surface area contributed by atoms with Crippen molar-refractivity contribution >= 4 is 5.91 Å². The molecule has 1 aromatic heterocycles. The molecule has 0 saturated carbocycles. The molecule has 0 spiro atoms. The molecule has 0 atom stereocenters. The number of carbonyl (C=O) groups is 1. The highest BCUT2D eigenvalue weighted by Gasteiger charge is 2.23. The van der Waals surface area contributed by atoms with Crippen LogP contribution in [0.1, 0.15) is 59.8 Å². The number of aryl methyl sites for hydroxylation is 1. The van der Waals surface area contributed by atoms with E-state index in [0.717, 1.165) is 12.2 Å². The number of aromatic nitrogens is 3. The Labute approximate surface area is 212 Å². The lowest BCUT2D eigenvalue weighted by Crippen LogP contribution is -2.19. The van der Waals surface area contributed by atoms with Gasteiger partial charge in [0, 0.05) is 12.0 Å². The van der Waals surface area contributed by atoms with Gasteiger partial charge < -0.3 is 5.73 Å². The van der Waals surface area contributed by atoms with Gasteiger partial charge in [-0.3, -0.25) is 9.69 Å². The lowest BCUT2D eigenvalue weighted by atomic mass is 9.78. The van der Waals surface area contributed by atoms with E-state index in [9.17, 15) is 4.79 Å². The molecule has 0 unspecified atom stereocenters. The van der Waals surface area contributed by atoms with Crippen LogP contribution >= 0.6 is 0 Å². The largest absolute Gasteiger partial charge is 0.363 e. The van der Waals surface area contributed by atoms with Crippen LogP contribution in [0.4, 0.5) is 0 Å². The van der Waals surface area contributed by atoms with Crippen LogP contribution in [0.5, 0.6) is 0 Å². The van der Waals surface area contributed by atoms with Crippen molar-refractivity contribution in [3.63, 3.8) is 0 Å². The fourth-order valence-corrected chi connectivity index (χ4v) is 5.01. The maximum atomic E-state index is 11.4. The zero-order valence-electron chi connectivity index (χ0n) is 21.2. The number of carbonyl (C=O) groups excluding carboxylic acids is 1. The van der Waals surface area contributed by atoms with Crippen molar-refractivity contribution in [3.8, 4) is 16.8 Å². The molecular weight excluding hydrogens is 446 g/mol. The molecule has 6 nitrogen and oxygen atoms in total. The van der Waals surface area contributed by atoms with Crippen molar-refractivity contribution < 1.29 is 4.79 Å². The molecule has 184 valence electrons. The molecule has 1 aliphatic heterocycles. The van der Waals surface area contributed by atoms with Crippen LogP contribution in [0.15, 0.2) is 72.8 Å². The zero-order chi connectivity index (χ0) is 25.3. The molecule has 1 saturated heterocycles. The summed E-state index contributed by atoms with van der Waals surface area (Å²) in [5.41, 5.74) is 12.3. The standard InChI is InChI=1S/C30H33N5O/c1-21-32-29(28(31)36)33-35(21)27-16-14-26(15-17-27)30(2,3)25-12-10-24(11-13-25)23-8-6-22(7-9-23)20-34-18-4-5-19-34/h6-17H,4-5,18-20H2,1-3H3,(H2,31,36). The van der Waals surface area contributed by atoms with E-state index in [1.165, 1.54) is 53.7 Å². The van der Waals surface area contributed by atoms with Gasteiger partial charge in [-0.25, -0.2) is 9.67 Å². The first-order valence-corrected chi connectivity index (χ1v) is 12.6. The van der Waals surface area contributed by atoms with Crippen molar-refractivity contribution in [2.75, 3.05) is 13.1 Å². The lowest BCUT2D eigenvalue weighted by Gasteiger charge is -2.26. The Morgan fingerprint density at radius 2 is 1.39 bits per heavy atom. The molecule has 2 heterocycles. The Kier molecular flexibility index (Phi) is 6.46. The van der Waals surface area contributed by atoms with Crippen molar-refractivity contribution in [1.82, 2.24) is 19.7 Å². The Bertz CT molecular complexity index is 1350. The molecule has 5 rings (SSSR count). The average Bonchev–Trinajstić information content (AvgIpc) is 3.54. The molecule has 1 aliphatic rings. The summed E-state index contributed by atoms with van der Waals surface area (Å²) in [7, 11) is 0. The van der Waals surface area contributed by atoms with Gasteiger partial charge in [0.1, 0.15) is 5.82 Å². The van der Waals surface area contributed by atoms with Gasteiger partial charge in [0.15, 0.2) is 0 Å². The minimum atomic E-state index is -0.629. The van der Waals surface area contributed by atoms with E-state index >= 15 is 0 Å². The summed E-state index contributed by atoms with van der Waals surface area (Å²) in [6.45, 7) is 9.76. The van der Waals surface area contributed by atoms with Crippen molar-refractivity contribution in [2.24, 2.45) is 5.73 Å². The smallest absolute Gasteiger partial charge is 0.288 e. The molecule has 0 radical (unpaired) electrons. The third kappa shape index (κ3) is 4.82. The Morgan fingerprint density at radius 3 is 1.92 bits per heavy atom. The van der Waals surface area contributed by atoms with Crippen LogP contribution in [-0.4, -0.2) is 38.7 Å². The van der Waals surface area contributed by atoms with Crippen molar-refractivity contribution in [1.29, 1.82) is 0 Å². The summed E-state index contributed by atoms with van der Waals surface area (Å²) in [5.74, 6) is 0.0183. The van der Waals surface area contributed by atoms with Crippen LogP contribution in [-0.2, 0) is 12.0 Å². The highest BCUT2D eigenvalue weighted by molar-refractivity contribution is 5.88. The van der Waals surface area contributed by atoms with Crippen LogP contribution < -0.4 is 5.73 Å². The second-order valence-corrected chi connectivity index (χ2v) is 10.2. The van der Waals surface area contributed by atoms with Gasteiger partial charge in [-0.2, -0.15) is 0 Å². The van der Waals surface area contributed by atoms with E-state index in [4.69, 9.17) is 5.73 Å². The maximum absolute atomic E-state index is 11.4. The summed E-state index contributed by atoms with van der Waals surface area (Å²) < 4.78 is 1.64. The first-order chi connectivity index (χ1) is 17.3. The number of primary amides is 1. The monoisotopic (exact) mass is 479 g/mol. The predicted octanol–water partition coefficient (Wildman–Crippen LogP) is 5.26. The van der Waals surface area contributed by atoms with Gasteiger partial charge in [-0.05, 0) is 72.8 Å². The van der Waals surface area contributed by atoms with Crippen molar-refractivity contribution in [2.45, 2.75) is 45.6 Å². The topological polar surface area (TPSA) is 77.0 Å². The van der Waals surface area contributed by atoms with Gasteiger partial charge in [0.05, 0.1) is 5.69 Å². The Balaban J connectivity index is 1.31. The second kappa shape index (κ2) is 9.70. The summed E-state index contributed by atoms with van der Waals surface area (Å²) in [6, 6.07) is 26.1. The first kappa shape index (κ1) is 23.9. The van der Waals surface area contributed by atoms with Gasteiger partial charge >= 0.3 is 0 Å². The molecule has 2 N–H and O–H groups in total. The van der Waals surface area contributed by atoms with E-state index in [1.54, 1.807) is 11.6 Å². The summed E-state index contributed by atoms with van der Waals surface area (Å²) in [4.78, 5) is 18.1. The van der Waals surface area contributed by atoms with Gasteiger partial charge in [-0.15, -0.1) is 5.10 Å². The molecule has 4 aromatic rings. The molecule has 3 aromatic carbocycles. The molecule has 6 heteroatoms. The summed E-state index contributed by atoms with van der Waals surface area (Å²) in [6.07, 6.45) is 2.65. The number of hydrogen-bond donors (Lipinski definition) is 1. The van der Waals surface area contributed by atoms with Gasteiger partial charge in [-0.1, -0.05) is 74.5 Å². The lowest BCUT2D eigenvalue weighted by molar-refractivity contribution is 0.0990. The van der Waals surface area contributed by atoms with Crippen molar-refractivity contribution in [3.05, 3.63) is 101 Å². The van der Waals surface area contributed by atoms with Gasteiger partial charge in [0.2, 0.25) is 5.82 Å². The SMILES string of the molecule is Cc1nc(C(N)=O)nn1-c1ccc(C(C)(C)c2ccc(-c3ccc(CN4CCCC4)cc3)cc2)cc1. The number of nitrogens with two attached hydrogens (primary N) is 1. The number of likely N-dealkylation sites (tertiary alicyclic amines) is 1. The number of amides is 1. The fraction of sp³-hybridized carbons (Fsp3) is 0.300. The summed E-state index contributed by atoms with van der Waals surface area (Å²) in [5, 5.41) is 4.23. The van der Waals surface area contributed by atoms with E-state index in [0.29, 0.717) is 5.82 Å². The van der Waals surface area contributed by atoms with E-state index in [1.807, 2.05) is 12.1 Å². The fourth-order valence-electron chi connectivity index (χ4n) is 5.01. The third-order valence-corrected chi connectivity index (χ3v) is 7.32. The first-order valence-electron chi connectivity index (χ1n) is 12.6. The Morgan fingerprint density at radius 1 is 0.861 bits per heavy atom. The zero-order valence-corrected chi connectivity index (χ0v) is 21.2. The molecule has 0 bridgehead atoms. The molecule has 36 heavy (non-hydrogen) atoms. The van der Waals surface area contributed by atoms with Crippen LogP contribution in [0, 0.1) is 6.92 Å². The summed E-state index contributed by atoms with van der Waals surface area (Å²) >= 11 is 0.